The zero-order chi connectivity index (χ0) is 15.2. The molecule has 0 saturated carbocycles. The summed E-state index contributed by atoms with van der Waals surface area (Å²) >= 11 is 0. The van der Waals surface area contributed by atoms with Gasteiger partial charge in [0.25, 0.3) is 5.56 Å². The molecule has 1 amide bonds. The third-order valence-corrected chi connectivity index (χ3v) is 2.98. The van der Waals surface area contributed by atoms with E-state index in [1.807, 2.05) is 0 Å². The normalized spacial score (nSPS) is 10.1. The van der Waals surface area contributed by atoms with Gasteiger partial charge in [-0.15, -0.1) is 0 Å². The van der Waals surface area contributed by atoms with E-state index in [-0.39, 0.29) is 17.9 Å². The van der Waals surface area contributed by atoms with E-state index in [1.165, 1.54) is 17.7 Å². The molecular formula is C15H17N3O3. The van der Waals surface area contributed by atoms with Gasteiger partial charge < -0.3 is 20.4 Å². The zero-order valence-electron chi connectivity index (χ0n) is 11.7. The molecule has 2 rings (SSSR count). The monoisotopic (exact) mass is 287 g/mol. The molecule has 0 aliphatic heterocycles. The van der Waals surface area contributed by atoms with Crippen LogP contribution < -0.4 is 21.3 Å². The Bertz CT molecular complexity index is 695. The molecule has 0 aliphatic rings. The molecule has 0 fully saturated rings. The second-order valence-corrected chi connectivity index (χ2v) is 4.49. The van der Waals surface area contributed by atoms with Crippen LogP contribution in [-0.2, 0) is 11.3 Å². The summed E-state index contributed by atoms with van der Waals surface area (Å²) in [6, 6.07) is 9.87. The van der Waals surface area contributed by atoms with Gasteiger partial charge in [0.05, 0.1) is 12.8 Å². The Labute approximate surface area is 122 Å². The maximum Gasteiger partial charge on any atom is 0.250 e. The number of pyridine rings is 1. The van der Waals surface area contributed by atoms with E-state index >= 15 is 0 Å². The topological polar surface area (TPSA) is 86.3 Å². The van der Waals surface area contributed by atoms with Gasteiger partial charge in [0.2, 0.25) is 5.91 Å². The average Bonchev–Trinajstić information content (AvgIpc) is 2.48. The van der Waals surface area contributed by atoms with Crippen LogP contribution in [-0.4, -0.2) is 17.6 Å². The lowest BCUT2D eigenvalue weighted by atomic mass is 10.2. The number of carbonyl (C=O) groups is 1. The molecule has 0 atom stereocenters. The number of anilines is 2. The first-order valence-corrected chi connectivity index (χ1v) is 6.49. The molecule has 0 aliphatic carbocycles. The minimum atomic E-state index is -0.200. The summed E-state index contributed by atoms with van der Waals surface area (Å²) in [7, 11) is 1.51. The van der Waals surface area contributed by atoms with E-state index < -0.39 is 0 Å². The lowest BCUT2D eigenvalue weighted by Crippen LogP contribution is -2.21. The minimum absolute atomic E-state index is 0.129. The lowest BCUT2D eigenvalue weighted by molar-refractivity contribution is -0.116. The number of aromatic nitrogens is 1. The number of nitrogens with one attached hydrogen (secondary N) is 1. The first kappa shape index (κ1) is 14.6. The summed E-state index contributed by atoms with van der Waals surface area (Å²) < 4.78 is 6.64. The first-order chi connectivity index (χ1) is 10.1. The van der Waals surface area contributed by atoms with Crippen molar-refractivity contribution in [1.29, 1.82) is 0 Å². The number of nitrogens with two attached hydrogens (primary N) is 1. The van der Waals surface area contributed by atoms with Crippen molar-refractivity contribution in [2.75, 3.05) is 18.2 Å². The molecule has 110 valence electrons. The number of aryl methyl sites for hydroxylation is 1. The SMILES string of the molecule is COc1cc(N)ccc1NC(=O)CCn1ccccc1=O. The number of hydrogen-bond donors (Lipinski definition) is 2. The van der Waals surface area contributed by atoms with Gasteiger partial charge in [-0.1, -0.05) is 6.07 Å². The fourth-order valence-electron chi connectivity index (χ4n) is 1.89. The van der Waals surface area contributed by atoms with Crippen LogP contribution in [0.1, 0.15) is 6.42 Å². The highest BCUT2D eigenvalue weighted by Gasteiger charge is 2.08. The molecule has 21 heavy (non-hydrogen) atoms. The van der Waals surface area contributed by atoms with Crippen molar-refractivity contribution in [1.82, 2.24) is 4.57 Å². The Morgan fingerprint density at radius 2 is 2.14 bits per heavy atom. The predicted octanol–water partition coefficient (Wildman–Crippen LogP) is 1.47. The van der Waals surface area contributed by atoms with Crippen molar-refractivity contribution >= 4 is 17.3 Å². The Morgan fingerprint density at radius 1 is 1.33 bits per heavy atom. The van der Waals surface area contributed by atoms with E-state index in [2.05, 4.69) is 5.32 Å². The minimum Gasteiger partial charge on any atom is -0.494 e. The quantitative estimate of drug-likeness (QED) is 0.815. The second kappa shape index (κ2) is 6.60. The first-order valence-electron chi connectivity index (χ1n) is 6.49. The van der Waals surface area contributed by atoms with E-state index in [0.717, 1.165) is 0 Å². The second-order valence-electron chi connectivity index (χ2n) is 4.49. The number of nitrogens with zero attached hydrogens (tertiary/aromatic N) is 1. The van der Waals surface area contributed by atoms with Crippen LogP contribution in [0.2, 0.25) is 0 Å². The van der Waals surface area contributed by atoms with Crippen molar-refractivity contribution in [3.8, 4) is 5.75 Å². The van der Waals surface area contributed by atoms with E-state index in [1.54, 1.807) is 36.5 Å². The molecule has 6 nitrogen and oxygen atoms in total. The van der Waals surface area contributed by atoms with Gasteiger partial charge in [0.1, 0.15) is 5.75 Å². The molecule has 0 unspecified atom stereocenters. The van der Waals surface area contributed by atoms with Gasteiger partial charge >= 0.3 is 0 Å². The highest BCUT2D eigenvalue weighted by Crippen LogP contribution is 2.26. The van der Waals surface area contributed by atoms with Crippen LogP contribution in [0.15, 0.2) is 47.4 Å². The van der Waals surface area contributed by atoms with Crippen LogP contribution in [0.5, 0.6) is 5.75 Å². The average molecular weight is 287 g/mol. The largest absolute Gasteiger partial charge is 0.494 e. The summed E-state index contributed by atoms with van der Waals surface area (Å²) in [5.41, 5.74) is 6.63. The molecule has 0 spiro atoms. The highest BCUT2D eigenvalue weighted by atomic mass is 16.5. The lowest BCUT2D eigenvalue weighted by Gasteiger charge is -2.11. The van der Waals surface area contributed by atoms with Crippen molar-refractivity contribution in [2.24, 2.45) is 0 Å². The van der Waals surface area contributed by atoms with Crippen molar-refractivity contribution in [2.45, 2.75) is 13.0 Å². The van der Waals surface area contributed by atoms with Gasteiger partial charge in [-0.2, -0.15) is 0 Å². The Hall–Kier alpha value is -2.76. The molecule has 0 bridgehead atoms. The predicted molar refractivity (Wildman–Crippen MR) is 81.4 cm³/mol. The molecule has 0 saturated heterocycles. The van der Waals surface area contributed by atoms with Crippen LogP contribution in [0.25, 0.3) is 0 Å². The third-order valence-electron chi connectivity index (χ3n) is 2.98. The Balaban J connectivity index is 1.99. The Kier molecular flexibility index (Phi) is 4.61. The van der Waals surface area contributed by atoms with Crippen molar-refractivity contribution < 1.29 is 9.53 Å². The van der Waals surface area contributed by atoms with Gasteiger partial charge in [-0.25, -0.2) is 0 Å². The molecule has 6 heteroatoms. The van der Waals surface area contributed by atoms with Crippen LogP contribution >= 0.6 is 0 Å². The van der Waals surface area contributed by atoms with E-state index in [4.69, 9.17) is 10.5 Å². The fourth-order valence-corrected chi connectivity index (χ4v) is 1.89. The summed E-state index contributed by atoms with van der Waals surface area (Å²) in [6.07, 6.45) is 1.84. The summed E-state index contributed by atoms with van der Waals surface area (Å²) in [6.45, 7) is 0.322. The molecule has 1 aromatic carbocycles. The number of ether oxygens (including phenoxy) is 1. The standard InChI is InChI=1S/C15H17N3O3/c1-21-13-10-11(16)5-6-12(13)17-14(19)7-9-18-8-3-2-4-15(18)20/h2-6,8,10H,7,9,16H2,1H3,(H,17,19). The van der Waals surface area contributed by atoms with Gasteiger partial charge in [0.15, 0.2) is 0 Å². The Morgan fingerprint density at radius 3 is 2.86 bits per heavy atom. The number of methoxy groups -OCH3 is 1. The molecule has 0 radical (unpaired) electrons. The summed E-state index contributed by atoms with van der Waals surface area (Å²) in [5, 5.41) is 2.74. The smallest absolute Gasteiger partial charge is 0.250 e. The third kappa shape index (κ3) is 3.85. The van der Waals surface area contributed by atoms with Gasteiger partial charge in [-0.05, 0) is 18.2 Å². The van der Waals surface area contributed by atoms with Crippen LogP contribution in [0, 0.1) is 0 Å². The molecule has 1 heterocycles. The molecule has 3 N–H and O–H groups in total. The highest BCUT2D eigenvalue weighted by molar-refractivity contribution is 5.92. The van der Waals surface area contributed by atoms with Crippen molar-refractivity contribution in [3.05, 3.63) is 52.9 Å². The molecular weight excluding hydrogens is 270 g/mol. The molecule has 1 aromatic heterocycles. The maximum atomic E-state index is 11.9. The van der Waals surface area contributed by atoms with Gasteiger partial charge in [0, 0.05) is 37.0 Å². The van der Waals surface area contributed by atoms with Crippen LogP contribution in [0.3, 0.4) is 0 Å². The number of hydrogen-bond acceptors (Lipinski definition) is 4. The van der Waals surface area contributed by atoms with Crippen molar-refractivity contribution in [3.63, 3.8) is 0 Å². The summed E-state index contributed by atoms with van der Waals surface area (Å²) in [5.74, 6) is 0.300. The number of benzene rings is 1. The number of amides is 1. The van der Waals surface area contributed by atoms with Gasteiger partial charge in [-0.3, -0.25) is 9.59 Å². The van der Waals surface area contributed by atoms with E-state index in [9.17, 15) is 9.59 Å². The number of carbonyl (C=O) groups excluding carboxylic acids is 1. The van der Waals surface area contributed by atoms with Crippen LogP contribution in [0.4, 0.5) is 11.4 Å². The summed E-state index contributed by atoms with van der Waals surface area (Å²) in [4.78, 5) is 23.5. The molecule has 2 aromatic rings. The number of nitrogen functional groups attached to an aromatic ring is 1. The maximum absolute atomic E-state index is 11.9. The van der Waals surface area contributed by atoms with E-state index in [0.29, 0.717) is 23.7 Å². The zero-order valence-corrected chi connectivity index (χ0v) is 11.7. The number of rotatable bonds is 5. The fraction of sp³-hybridized carbons (Fsp3) is 0.200.